The third-order valence-electron chi connectivity index (χ3n) is 1.82. The first kappa shape index (κ1) is 11.2. The molecule has 1 rings (SSSR count). The van der Waals surface area contributed by atoms with Gasteiger partial charge in [0.05, 0.1) is 6.61 Å². The van der Waals surface area contributed by atoms with Crippen molar-refractivity contribution in [1.82, 2.24) is 0 Å². The Labute approximate surface area is 83.8 Å². The maximum absolute atomic E-state index is 11.3. The molecule has 0 radical (unpaired) electrons. The average molecular weight is 200 g/mol. The van der Waals surface area contributed by atoms with E-state index in [4.69, 9.17) is 14.2 Å². The predicted octanol–water partition coefficient (Wildman–Crippen LogP) is 1.26. The maximum atomic E-state index is 11.3. The Bertz CT molecular complexity index is 212. The first-order valence-electron chi connectivity index (χ1n) is 4.88. The van der Waals surface area contributed by atoms with Crippen molar-refractivity contribution in [3.8, 4) is 0 Å². The van der Waals surface area contributed by atoms with Gasteiger partial charge in [0.25, 0.3) is 0 Å². The predicted molar refractivity (Wildman–Crippen MR) is 50.7 cm³/mol. The summed E-state index contributed by atoms with van der Waals surface area (Å²) in [5, 5.41) is 0. The molecule has 80 valence electrons. The van der Waals surface area contributed by atoms with E-state index >= 15 is 0 Å². The Kier molecular flexibility index (Phi) is 4.62. The minimum absolute atomic E-state index is 0.318. The summed E-state index contributed by atoms with van der Waals surface area (Å²) in [6, 6.07) is 0. The molecule has 4 heteroatoms. The average Bonchev–Trinajstić information content (AvgIpc) is 2.19. The first-order valence-corrected chi connectivity index (χ1v) is 4.88. The SMILES string of the molecule is CCOC(=O)C1CC=CC(OCC)O1. The minimum atomic E-state index is -0.517. The second-order valence-corrected chi connectivity index (χ2v) is 2.86. The molecule has 0 fully saturated rings. The van der Waals surface area contributed by atoms with Gasteiger partial charge in [-0.25, -0.2) is 4.79 Å². The summed E-state index contributed by atoms with van der Waals surface area (Å²) in [6.07, 6.45) is 3.31. The first-order chi connectivity index (χ1) is 6.77. The Morgan fingerprint density at radius 1 is 1.50 bits per heavy atom. The number of hydrogen-bond acceptors (Lipinski definition) is 4. The number of rotatable bonds is 4. The van der Waals surface area contributed by atoms with E-state index < -0.39 is 12.4 Å². The highest BCUT2D eigenvalue weighted by Gasteiger charge is 2.25. The summed E-state index contributed by atoms with van der Waals surface area (Å²) in [6.45, 7) is 4.59. The molecule has 0 amide bonds. The van der Waals surface area contributed by atoms with E-state index in [0.29, 0.717) is 19.6 Å². The number of esters is 1. The van der Waals surface area contributed by atoms with Gasteiger partial charge in [0.2, 0.25) is 0 Å². The van der Waals surface area contributed by atoms with Crippen molar-refractivity contribution >= 4 is 5.97 Å². The van der Waals surface area contributed by atoms with Crippen LogP contribution in [0.4, 0.5) is 0 Å². The molecule has 0 aromatic heterocycles. The van der Waals surface area contributed by atoms with Gasteiger partial charge in [-0.05, 0) is 19.9 Å². The van der Waals surface area contributed by atoms with Crippen molar-refractivity contribution in [1.29, 1.82) is 0 Å². The summed E-state index contributed by atoms with van der Waals surface area (Å²) in [5.74, 6) is -0.318. The molecule has 0 aliphatic carbocycles. The molecule has 4 nitrogen and oxygen atoms in total. The molecular weight excluding hydrogens is 184 g/mol. The van der Waals surface area contributed by atoms with Crippen LogP contribution in [0.15, 0.2) is 12.2 Å². The normalized spacial score (nSPS) is 26.1. The molecule has 0 aromatic rings. The van der Waals surface area contributed by atoms with Crippen LogP contribution in [-0.2, 0) is 19.0 Å². The third-order valence-corrected chi connectivity index (χ3v) is 1.82. The van der Waals surface area contributed by atoms with Gasteiger partial charge in [-0.3, -0.25) is 0 Å². The van der Waals surface area contributed by atoms with Crippen LogP contribution in [0, 0.1) is 0 Å². The highest BCUT2D eigenvalue weighted by atomic mass is 16.7. The maximum Gasteiger partial charge on any atom is 0.335 e. The van der Waals surface area contributed by atoms with Crippen LogP contribution in [0.5, 0.6) is 0 Å². The zero-order chi connectivity index (χ0) is 10.4. The quantitative estimate of drug-likeness (QED) is 0.506. The van der Waals surface area contributed by atoms with Crippen LogP contribution in [0.2, 0.25) is 0 Å². The zero-order valence-corrected chi connectivity index (χ0v) is 8.56. The molecule has 1 aliphatic rings. The van der Waals surface area contributed by atoms with Crippen LogP contribution < -0.4 is 0 Å². The van der Waals surface area contributed by atoms with Gasteiger partial charge in [-0.1, -0.05) is 6.08 Å². The van der Waals surface area contributed by atoms with Gasteiger partial charge in [0.1, 0.15) is 0 Å². The highest BCUT2D eigenvalue weighted by Crippen LogP contribution is 2.14. The molecular formula is C10H16O4. The number of hydrogen-bond donors (Lipinski definition) is 0. The molecule has 0 bridgehead atoms. The molecule has 0 saturated heterocycles. The topological polar surface area (TPSA) is 44.8 Å². The van der Waals surface area contributed by atoms with E-state index in [1.54, 1.807) is 13.0 Å². The Morgan fingerprint density at radius 2 is 2.29 bits per heavy atom. The number of ether oxygens (including phenoxy) is 3. The highest BCUT2D eigenvalue weighted by molar-refractivity contribution is 5.75. The molecule has 1 heterocycles. The summed E-state index contributed by atoms with van der Waals surface area (Å²) < 4.78 is 15.4. The number of carbonyl (C=O) groups excluding carboxylic acids is 1. The fraction of sp³-hybridized carbons (Fsp3) is 0.700. The van der Waals surface area contributed by atoms with Crippen LogP contribution in [0.25, 0.3) is 0 Å². The molecule has 0 spiro atoms. The number of carbonyl (C=O) groups is 1. The largest absolute Gasteiger partial charge is 0.464 e. The van der Waals surface area contributed by atoms with Crippen LogP contribution in [-0.4, -0.2) is 31.6 Å². The van der Waals surface area contributed by atoms with Crippen LogP contribution in [0.1, 0.15) is 20.3 Å². The van der Waals surface area contributed by atoms with E-state index in [1.165, 1.54) is 0 Å². The van der Waals surface area contributed by atoms with E-state index in [1.807, 2.05) is 13.0 Å². The van der Waals surface area contributed by atoms with E-state index in [0.717, 1.165) is 0 Å². The summed E-state index contributed by atoms with van der Waals surface area (Å²) in [7, 11) is 0. The minimum Gasteiger partial charge on any atom is -0.464 e. The van der Waals surface area contributed by atoms with Gasteiger partial charge < -0.3 is 14.2 Å². The van der Waals surface area contributed by atoms with Gasteiger partial charge in [0, 0.05) is 13.0 Å². The van der Waals surface area contributed by atoms with Crippen molar-refractivity contribution in [2.24, 2.45) is 0 Å². The fourth-order valence-corrected chi connectivity index (χ4v) is 1.22. The fourth-order valence-electron chi connectivity index (χ4n) is 1.22. The lowest BCUT2D eigenvalue weighted by molar-refractivity contribution is -0.182. The Hall–Kier alpha value is -0.870. The van der Waals surface area contributed by atoms with E-state index in [-0.39, 0.29) is 5.97 Å². The summed E-state index contributed by atoms with van der Waals surface area (Å²) >= 11 is 0. The molecule has 2 unspecified atom stereocenters. The molecule has 0 N–H and O–H groups in total. The lowest BCUT2D eigenvalue weighted by Gasteiger charge is -2.23. The van der Waals surface area contributed by atoms with E-state index in [9.17, 15) is 4.79 Å². The Balaban J connectivity index is 2.42. The van der Waals surface area contributed by atoms with Crippen molar-refractivity contribution in [3.05, 3.63) is 12.2 Å². The van der Waals surface area contributed by atoms with Gasteiger partial charge in [0.15, 0.2) is 12.4 Å². The van der Waals surface area contributed by atoms with E-state index in [2.05, 4.69) is 0 Å². The van der Waals surface area contributed by atoms with Gasteiger partial charge >= 0.3 is 5.97 Å². The van der Waals surface area contributed by atoms with Gasteiger partial charge in [-0.15, -0.1) is 0 Å². The van der Waals surface area contributed by atoms with Crippen LogP contribution >= 0.6 is 0 Å². The third kappa shape index (κ3) is 3.12. The summed E-state index contributed by atoms with van der Waals surface area (Å²) in [4.78, 5) is 11.3. The Morgan fingerprint density at radius 3 is 2.93 bits per heavy atom. The second-order valence-electron chi connectivity index (χ2n) is 2.86. The molecule has 1 aliphatic heterocycles. The lowest BCUT2D eigenvalue weighted by atomic mass is 10.2. The van der Waals surface area contributed by atoms with Crippen molar-refractivity contribution in [2.45, 2.75) is 32.7 Å². The second kappa shape index (κ2) is 5.78. The van der Waals surface area contributed by atoms with Crippen LogP contribution in [0.3, 0.4) is 0 Å². The molecule has 2 atom stereocenters. The molecule has 0 saturated carbocycles. The van der Waals surface area contributed by atoms with Crippen molar-refractivity contribution < 1.29 is 19.0 Å². The van der Waals surface area contributed by atoms with Crippen molar-refractivity contribution in [2.75, 3.05) is 13.2 Å². The smallest absolute Gasteiger partial charge is 0.335 e. The molecule has 14 heavy (non-hydrogen) atoms. The molecule has 0 aromatic carbocycles. The monoisotopic (exact) mass is 200 g/mol. The zero-order valence-electron chi connectivity index (χ0n) is 8.56. The standard InChI is InChI=1S/C10H16O4/c1-3-12-9-7-5-6-8(14-9)10(11)13-4-2/h5,7-9H,3-4,6H2,1-2H3. The summed E-state index contributed by atoms with van der Waals surface area (Å²) in [5.41, 5.74) is 0. The van der Waals surface area contributed by atoms with Gasteiger partial charge in [-0.2, -0.15) is 0 Å². The lowest BCUT2D eigenvalue weighted by Crippen LogP contribution is -2.33. The van der Waals surface area contributed by atoms with Crippen molar-refractivity contribution in [3.63, 3.8) is 0 Å².